The number of nitrogens with one attached hydrogen (secondary N) is 1. The fraction of sp³-hybridized carbons (Fsp3) is 0.429. The van der Waals surface area contributed by atoms with E-state index in [9.17, 15) is 9.59 Å². The van der Waals surface area contributed by atoms with Gasteiger partial charge in [0, 0.05) is 31.3 Å². The molecule has 0 bridgehead atoms. The molecule has 2 aliphatic heterocycles. The maximum Gasteiger partial charge on any atom is 0.416 e. The van der Waals surface area contributed by atoms with E-state index < -0.39 is 6.09 Å². The van der Waals surface area contributed by atoms with E-state index in [4.69, 9.17) is 9.57 Å². The molecule has 0 atom stereocenters. The number of anilines is 1. The van der Waals surface area contributed by atoms with Gasteiger partial charge in [0.05, 0.1) is 24.3 Å². The minimum absolute atomic E-state index is 0.194. The minimum atomic E-state index is -0.426. The van der Waals surface area contributed by atoms with Crippen molar-refractivity contribution in [2.75, 3.05) is 38.1 Å². The Morgan fingerprint density at radius 3 is 2.45 bits per heavy atom. The van der Waals surface area contributed by atoms with Gasteiger partial charge in [-0.05, 0) is 74.5 Å². The molecule has 3 aromatic rings. The van der Waals surface area contributed by atoms with Gasteiger partial charge in [-0.1, -0.05) is 18.6 Å². The highest BCUT2D eigenvalue weighted by Gasteiger charge is 2.25. The van der Waals surface area contributed by atoms with Crippen molar-refractivity contribution in [1.82, 2.24) is 24.7 Å². The molecule has 10 heteroatoms. The second-order valence-electron chi connectivity index (χ2n) is 9.88. The molecule has 1 aromatic carbocycles. The van der Waals surface area contributed by atoms with E-state index in [1.807, 2.05) is 30.3 Å². The number of nitrogens with zero attached hydrogens (tertiary/aromatic N) is 5. The molecule has 4 heterocycles. The van der Waals surface area contributed by atoms with Gasteiger partial charge in [-0.3, -0.25) is 9.69 Å². The molecule has 0 spiro atoms. The number of rotatable bonds is 8. The van der Waals surface area contributed by atoms with Crippen LogP contribution in [0.25, 0.3) is 0 Å². The lowest BCUT2D eigenvalue weighted by molar-refractivity contribution is 0.0365. The van der Waals surface area contributed by atoms with Crippen molar-refractivity contribution in [2.45, 2.75) is 38.6 Å². The Labute approximate surface area is 222 Å². The van der Waals surface area contributed by atoms with Crippen LogP contribution in [0.3, 0.4) is 0 Å². The summed E-state index contributed by atoms with van der Waals surface area (Å²) in [6, 6.07) is 12.8. The third-order valence-corrected chi connectivity index (χ3v) is 7.05. The molecule has 2 amide bonds. The van der Waals surface area contributed by atoms with E-state index in [0.717, 1.165) is 32.5 Å². The fourth-order valence-corrected chi connectivity index (χ4v) is 4.80. The number of amides is 2. The molecule has 0 radical (unpaired) electrons. The zero-order valence-corrected chi connectivity index (χ0v) is 21.5. The van der Waals surface area contributed by atoms with Crippen molar-refractivity contribution >= 4 is 17.7 Å². The topological polar surface area (TPSA) is 102 Å². The maximum atomic E-state index is 12.7. The standard InChI is InChI=1S/C28H34N6O4/c35-27(24-7-5-22(6-8-24)20-32-14-2-1-3-15-32)31-25-9-10-26(29-19-25)38-28(36)33-17-11-23(12-18-33)21-37-34-16-4-13-30-34/h4-10,13,16,19,23H,1-3,11-12,14-15,17-18,20-21H2,(H,31,35). The Morgan fingerprint density at radius 1 is 0.974 bits per heavy atom. The Balaban J connectivity index is 1.05. The molecule has 0 aliphatic carbocycles. The van der Waals surface area contributed by atoms with Crippen LogP contribution in [0.5, 0.6) is 5.88 Å². The van der Waals surface area contributed by atoms with Crippen molar-refractivity contribution in [2.24, 2.45) is 5.92 Å². The van der Waals surface area contributed by atoms with Gasteiger partial charge in [0.15, 0.2) is 0 Å². The number of carbonyl (C=O) groups excluding carboxylic acids is 2. The molecule has 1 N–H and O–H groups in total. The zero-order valence-electron chi connectivity index (χ0n) is 21.5. The quantitative estimate of drug-likeness (QED) is 0.483. The summed E-state index contributed by atoms with van der Waals surface area (Å²) in [6.07, 6.45) is 9.98. The molecule has 200 valence electrons. The molecule has 2 aliphatic rings. The van der Waals surface area contributed by atoms with Crippen LogP contribution in [0, 0.1) is 5.92 Å². The highest BCUT2D eigenvalue weighted by atomic mass is 16.7. The Hall–Kier alpha value is -3.92. The number of ether oxygens (including phenoxy) is 1. The largest absolute Gasteiger partial charge is 0.416 e. The van der Waals surface area contributed by atoms with Crippen molar-refractivity contribution < 1.29 is 19.2 Å². The predicted octanol–water partition coefficient (Wildman–Crippen LogP) is 3.86. The monoisotopic (exact) mass is 518 g/mol. The molecule has 0 saturated carbocycles. The van der Waals surface area contributed by atoms with Crippen molar-refractivity contribution in [3.63, 3.8) is 0 Å². The Kier molecular flexibility index (Phi) is 8.49. The first-order chi connectivity index (χ1) is 18.6. The number of aromatic nitrogens is 3. The van der Waals surface area contributed by atoms with E-state index in [0.29, 0.717) is 36.9 Å². The van der Waals surface area contributed by atoms with Gasteiger partial charge in [-0.25, -0.2) is 9.78 Å². The van der Waals surface area contributed by atoms with Crippen LogP contribution in [0.2, 0.25) is 0 Å². The van der Waals surface area contributed by atoms with Crippen molar-refractivity contribution in [3.8, 4) is 5.88 Å². The smallest absolute Gasteiger partial charge is 0.396 e. The highest BCUT2D eigenvalue weighted by molar-refractivity contribution is 6.04. The molecule has 0 unspecified atom stereocenters. The van der Waals surface area contributed by atoms with Gasteiger partial charge in [-0.2, -0.15) is 0 Å². The molecule has 2 saturated heterocycles. The summed E-state index contributed by atoms with van der Waals surface area (Å²) in [5.41, 5.74) is 2.33. The lowest BCUT2D eigenvalue weighted by Crippen LogP contribution is -2.41. The third-order valence-electron chi connectivity index (χ3n) is 7.05. The summed E-state index contributed by atoms with van der Waals surface area (Å²) in [7, 11) is 0. The summed E-state index contributed by atoms with van der Waals surface area (Å²) in [6.45, 7) is 4.95. The number of piperidine rings is 2. The summed E-state index contributed by atoms with van der Waals surface area (Å²) in [5, 5.41) is 6.88. The van der Waals surface area contributed by atoms with Crippen LogP contribution in [0.4, 0.5) is 10.5 Å². The van der Waals surface area contributed by atoms with Gasteiger partial charge in [0.2, 0.25) is 5.88 Å². The lowest BCUT2D eigenvalue weighted by Gasteiger charge is -2.30. The van der Waals surface area contributed by atoms with E-state index in [1.54, 1.807) is 29.4 Å². The summed E-state index contributed by atoms with van der Waals surface area (Å²) in [5.74, 6) is 0.342. The first-order valence-electron chi connectivity index (χ1n) is 13.3. The first kappa shape index (κ1) is 25.7. The normalized spacial score (nSPS) is 16.7. The molecular formula is C28H34N6O4. The molecule has 10 nitrogen and oxygen atoms in total. The van der Waals surface area contributed by atoms with E-state index in [2.05, 4.69) is 20.3 Å². The number of pyridine rings is 1. The van der Waals surface area contributed by atoms with Gasteiger partial charge in [0.25, 0.3) is 5.91 Å². The van der Waals surface area contributed by atoms with E-state index >= 15 is 0 Å². The van der Waals surface area contributed by atoms with Gasteiger partial charge in [0.1, 0.15) is 6.61 Å². The van der Waals surface area contributed by atoms with Crippen LogP contribution in [-0.4, -0.2) is 69.5 Å². The molecule has 5 rings (SSSR count). The van der Waals surface area contributed by atoms with Crippen LogP contribution in [0.1, 0.15) is 48.0 Å². The molecule has 2 fully saturated rings. The molecule has 2 aromatic heterocycles. The second kappa shape index (κ2) is 12.6. The molecule has 38 heavy (non-hydrogen) atoms. The number of likely N-dealkylation sites (tertiary alicyclic amines) is 2. The van der Waals surface area contributed by atoms with Crippen molar-refractivity contribution in [1.29, 1.82) is 0 Å². The molecular weight excluding hydrogens is 484 g/mol. The SMILES string of the molecule is O=C(Nc1ccc(OC(=O)N2CCC(COn3cccn3)CC2)nc1)c1ccc(CN2CCCCC2)cc1. The summed E-state index contributed by atoms with van der Waals surface area (Å²) >= 11 is 0. The van der Waals surface area contributed by atoms with Crippen LogP contribution >= 0.6 is 0 Å². The second-order valence-corrected chi connectivity index (χ2v) is 9.88. The van der Waals surface area contributed by atoms with Crippen LogP contribution in [-0.2, 0) is 6.54 Å². The van der Waals surface area contributed by atoms with Crippen molar-refractivity contribution in [3.05, 3.63) is 72.2 Å². The average Bonchev–Trinajstić information content (AvgIpc) is 3.48. The first-order valence-corrected chi connectivity index (χ1v) is 13.3. The third kappa shape index (κ3) is 7.10. The number of hydrogen-bond donors (Lipinski definition) is 1. The number of hydrogen-bond acceptors (Lipinski definition) is 7. The van der Waals surface area contributed by atoms with Crippen LogP contribution in [0.15, 0.2) is 61.1 Å². The predicted molar refractivity (Wildman–Crippen MR) is 142 cm³/mol. The van der Waals surface area contributed by atoms with E-state index in [-0.39, 0.29) is 11.8 Å². The van der Waals surface area contributed by atoms with Gasteiger partial charge >= 0.3 is 6.09 Å². The van der Waals surface area contributed by atoms with Gasteiger partial charge < -0.3 is 19.8 Å². The minimum Gasteiger partial charge on any atom is -0.396 e. The fourth-order valence-electron chi connectivity index (χ4n) is 4.80. The Morgan fingerprint density at radius 2 is 1.76 bits per heavy atom. The zero-order chi connectivity index (χ0) is 26.2. The Bertz CT molecular complexity index is 1170. The summed E-state index contributed by atoms with van der Waals surface area (Å²) < 4.78 is 5.44. The summed E-state index contributed by atoms with van der Waals surface area (Å²) in [4.78, 5) is 40.6. The average molecular weight is 519 g/mol. The number of benzene rings is 1. The van der Waals surface area contributed by atoms with Crippen LogP contribution < -0.4 is 14.9 Å². The number of carbonyl (C=O) groups is 2. The lowest BCUT2D eigenvalue weighted by atomic mass is 9.98. The van der Waals surface area contributed by atoms with Gasteiger partial charge in [-0.15, -0.1) is 9.94 Å². The van der Waals surface area contributed by atoms with E-state index in [1.165, 1.54) is 35.9 Å². The maximum absolute atomic E-state index is 12.7. The highest BCUT2D eigenvalue weighted by Crippen LogP contribution is 2.20.